The Morgan fingerprint density at radius 2 is 1.67 bits per heavy atom. The van der Waals surface area contributed by atoms with Gasteiger partial charge in [0.1, 0.15) is 0 Å². The van der Waals surface area contributed by atoms with Gasteiger partial charge in [0.2, 0.25) is 0 Å². The van der Waals surface area contributed by atoms with Crippen LogP contribution in [0.15, 0.2) is 11.6 Å². The molecule has 0 unspecified atom stereocenters. The second kappa shape index (κ2) is 3.71. The van der Waals surface area contributed by atoms with Crippen molar-refractivity contribution in [3.63, 3.8) is 0 Å². The smallest absolute Gasteiger partial charge is 0.0211 e. The van der Waals surface area contributed by atoms with Gasteiger partial charge in [0.05, 0.1) is 0 Å². The molecular formula is C9H18. The van der Waals surface area contributed by atoms with Crippen molar-refractivity contribution < 1.29 is 0 Å². The lowest BCUT2D eigenvalue weighted by Crippen LogP contribution is -2.04. The van der Waals surface area contributed by atoms with Crippen molar-refractivity contribution in [1.29, 1.82) is 0 Å². The van der Waals surface area contributed by atoms with E-state index in [4.69, 9.17) is 0 Å². The van der Waals surface area contributed by atoms with Crippen molar-refractivity contribution in [3.8, 4) is 0 Å². The Morgan fingerprint density at radius 1 is 1.22 bits per heavy atom. The zero-order chi connectivity index (χ0) is 7.44. The Balaban J connectivity index is 3.88. The summed E-state index contributed by atoms with van der Waals surface area (Å²) in [5.74, 6) is 1.52. The molecular weight excluding hydrogens is 108 g/mol. The summed E-state index contributed by atoms with van der Waals surface area (Å²) in [7, 11) is 0. The van der Waals surface area contributed by atoms with E-state index in [1.54, 1.807) is 0 Å². The lowest BCUT2D eigenvalue weighted by Gasteiger charge is -2.15. The highest BCUT2D eigenvalue weighted by Crippen LogP contribution is 2.18. The standard InChI is InChI=1S/C9H18/c1-6-8(4)9(5)7(2)3/h6-7,9H,1-5H3/b8-6-/t9-/m1/s1. The van der Waals surface area contributed by atoms with Gasteiger partial charge in [-0.25, -0.2) is 0 Å². The van der Waals surface area contributed by atoms with E-state index in [1.807, 2.05) is 0 Å². The average Bonchev–Trinajstić information content (AvgIpc) is 1.84. The van der Waals surface area contributed by atoms with Gasteiger partial charge in [0.15, 0.2) is 0 Å². The Hall–Kier alpha value is -0.260. The van der Waals surface area contributed by atoms with E-state index in [0.717, 1.165) is 11.8 Å². The Bertz CT molecular complexity index is 98.6. The number of allylic oxidation sites excluding steroid dienone is 2. The maximum Gasteiger partial charge on any atom is -0.0211 e. The normalized spacial score (nSPS) is 16.4. The first-order valence-corrected chi connectivity index (χ1v) is 3.72. The second-order valence-corrected chi connectivity index (χ2v) is 3.07. The number of hydrogen-bond donors (Lipinski definition) is 0. The Kier molecular flexibility index (Phi) is 3.60. The van der Waals surface area contributed by atoms with Gasteiger partial charge in [-0.05, 0) is 25.7 Å². The van der Waals surface area contributed by atoms with Crippen LogP contribution in [0.4, 0.5) is 0 Å². The Morgan fingerprint density at radius 3 is 1.78 bits per heavy atom. The third-order valence-corrected chi connectivity index (χ3v) is 2.17. The first-order valence-electron chi connectivity index (χ1n) is 3.72. The van der Waals surface area contributed by atoms with Crippen molar-refractivity contribution in [2.24, 2.45) is 11.8 Å². The molecule has 0 nitrogen and oxygen atoms in total. The summed E-state index contributed by atoms with van der Waals surface area (Å²) < 4.78 is 0. The van der Waals surface area contributed by atoms with E-state index in [9.17, 15) is 0 Å². The van der Waals surface area contributed by atoms with Crippen LogP contribution in [-0.4, -0.2) is 0 Å². The summed E-state index contributed by atoms with van der Waals surface area (Å²) in [5.41, 5.74) is 1.50. The minimum absolute atomic E-state index is 0.745. The van der Waals surface area contributed by atoms with Crippen LogP contribution in [0.3, 0.4) is 0 Å². The minimum atomic E-state index is 0.745. The van der Waals surface area contributed by atoms with Gasteiger partial charge in [0, 0.05) is 0 Å². The van der Waals surface area contributed by atoms with Crippen molar-refractivity contribution in [3.05, 3.63) is 11.6 Å². The topological polar surface area (TPSA) is 0 Å². The van der Waals surface area contributed by atoms with Crippen LogP contribution in [0.25, 0.3) is 0 Å². The van der Waals surface area contributed by atoms with E-state index in [-0.39, 0.29) is 0 Å². The van der Waals surface area contributed by atoms with E-state index < -0.39 is 0 Å². The van der Waals surface area contributed by atoms with Crippen molar-refractivity contribution >= 4 is 0 Å². The van der Waals surface area contributed by atoms with Crippen LogP contribution in [0.5, 0.6) is 0 Å². The summed E-state index contributed by atoms with van der Waals surface area (Å²) in [6, 6.07) is 0. The molecule has 0 aliphatic rings. The summed E-state index contributed by atoms with van der Waals surface area (Å²) >= 11 is 0. The molecule has 0 aliphatic heterocycles. The van der Waals surface area contributed by atoms with Gasteiger partial charge in [0.25, 0.3) is 0 Å². The molecule has 0 amide bonds. The maximum absolute atomic E-state index is 2.28. The summed E-state index contributed by atoms with van der Waals surface area (Å²) in [6.07, 6.45) is 2.20. The molecule has 0 N–H and O–H groups in total. The largest absolute Gasteiger partial charge is 0.0885 e. The molecule has 0 aromatic rings. The molecule has 1 atom stereocenters. The third-order valence-electron chi connectivity index (χ3n) is 2.17. The zero-order valence-corrected chi connectivity index (χ0v) is 7.23. The molecule has 0 aromatic heterocycles. The van der Waals surface area contributed by atoms with Gasteiger partial charge in [-0.3, -0.25) is 0 Å². The highest BCUT2D eigenvalue weighted by atomic mass is 14.1. The second-order valence-electron chi connectivity index (χ2n) is 3.07. The molecule has 0 bridgehead atoms. The van der Waals surface area contributed by atoms with E-state index in [2.05, 4.69) is 40.7 Å². The molecule has 54 valence electrons. The SMILES string of the molecule is C/C=C(/C)[C@H](C)C(C)C. The van der Waals surface area contributed by atoms with Gasteiger partial charge in [-0.2, -0.15) is 0 Å². The van der Waals surface area contributed by atoms with E-state index >= 15 is 0 Å². The quantitative estimate of drug-likeness (QED) is 0.498. The summed E-state index contributed by atoms with van der Waals surface area (Å²) in [5, 5.41) is 0. The Labute approximate surface area is 59.0 Å². The summed E-state index contributed by atoms with van der Waals surface area (Å²) in [6.45, 7) is 11.1. The van der Waals surface area contributed by atoms with E-state index in [0.29, 0.717) is 0 Å². The molecule has 0 fully saturated rings. The van der Waals surface area contributed by atoms with Crippen LogP contribution >= 0.6 is 0 Å². The molecule has 0 saturated heterocycles. The third kappa shape index (κ3) is 2.69. The van der Waals surface area contributed by atoms with Gasteiger partial charge < -0.3 is 0 Å². The van der Waals surface area contributed by atoms with Crippen molar-refractivity contribution in [2.45, 2.75) is 34.6 Å². The van der Waals surface area contributed by atoms with Crippen LogP contribution in [0.1, 0.15) is 34.6 Å². The number of rotatable bonds is 2. The molecule has 0 radical (unpaired) electrons. The summed E-state index contributed by atoms with van der Waals surface area (Å²) in [4.78, 5) is 0. The molecule has 0 rings (SSSR count). The molecule has 0 heteroatoms. The molecule has 9 heavy (non-hydrogen) atoms. The maximum atomic E-state index is 2.28. The van der Waals surface area contributed by atoms with Gasteiger partial charge in [-0.1, -0.05) is 32.4 Å². The van der Waals surface area contributed by atoms with Crippen LogP contribution in [0, 0.1) is 11.8 Å². The van der Waals surface area contributed by atoms with Crippen LogP contribution in [-0.2, 0) is 0 Å². The minimum Gasteiger partial charge on any atom is -0.0885 e. The lowest BCUT2D eigenvalue weighted by atomic mass is 9.91. The van der Waals surface area contributed by atoms with Crippen LogP contribution < -0.4 is 0 Å². The van der Waals surface area contributed by atoms with Gasteiger partial charge >= 0.3 is 0 Å². The zero-order valence-electron chi connectivity index (χ0n) is 7.23. The highest BCUT2D eigenvalue weighted by Gasteiger charge is 2.06. The first kappa shape index (κ1) is 8.74. The number of hydrogen-bond acceptors (Lipinski definition) is 0. The highest BCUT2D eigenvalue weighted by molar-refractivity contribution is 5.00. The lowest BCUT2D eigenvalue weighted by molar-refractivity contribution is 0.479. The predicted molar refractivity (Wildman–Crippen MR) is 43.4 cm³/mol. The fourth-order valence-electron chi connectivity index (χ4n) is 0.789. The molecule has 0 aliphatic carbocycles. The first-order chi connectivity index (χ1) is 4.09. The van der Waals surface area contributed by atoms with Crippen molar-refractivity contribution in [1.82, 2.24) is 0 Å². The molecule has 0 heterocycles. The molecule has 0 spiro atoms. The van der Waals surface area contributed by atoms with Gasteiger partial charge in [-0.15, -0.1) is 0 Å². The fourth-order valence-corrected chi connectivity index (χ4v) is 0.789. The van der Waals surface area contributed by atoms with E-state index in [1.165, 1.54) is 5.57 Å². The predicted octanol–water partition coefficient (Wildman–Crippen LogP) is 3.24. The fraction of sp³-hybridized carbons (Fsp3) is 0.778. The molecule has 0 aromatic carbocycles. The molecule has 0 saturated carbocycles. The van der Waals surface area contributed by atoms with Crippen molar-refractivity contribution in [2.75, 3.05) is 0 Å². The monoisotopic (exact) mass is 126 g/mol. The van der Waals surface area contributed by atoms with Crippen LogP contribution in [0.2, 0.25) is 0 Å². The average molecular weight is 126 g/mol.